The van der Waals surface area contributed by atoms with Crippen LogP contribution in [0.3, 0.4) is 0 Å². The van der Waals surface area contributed by atoms with E-state index in [9.17, 15) is 5.11 Å². The van der Waals surface area contributed by atoms with Crippen LogP contribution in [0.25, 0.3) is 11.3 Å². The predicted molar refractivity (Wildman–Crippen MR) is 54.8 cm³/mol. The first-order valence-electron chi connectivity index (χ1n) is 4.59. The highest BCUT2D eigenvalue weighted by Gasteiger charge is 2.04. The monoisotopic (exact) mass is 188 g/mol. The van der Waals surface area contributed by atoms with Gasteiger partial charge in [0, 0.05) is 5.56 Å². The van der Waals surface area contributed by atoms with Gasteiger partial charge in [-0.15, -0.1) is 0 Å². The van der Waals surface area contributed by atoms with E-state index in [4.69, 9.17) is 4.42 Å². The van der Waals surface area contributed by atoms with Crippen molar-refractivity contribution in [3.8, 4) is 11.3 Å². The van der Waals surface area contributed by atoms with E-state index in [1.807, 2.05) is 36.4 Å². The average Bonchev–Trinajstić information content (AvgIpc) is 2.71. The minimum Gasteiger partial charge on any atom is -0.464 e. The second-order valence-corrected chi connectivity index (χ2v) is 3.28. The summed E-state index contributed by atoms with van der Waals surface area (Å²) in [4.78, 5) is 0. The molecule has 0 fully saturated rings. The quantitative estimate of drug-likeness (QED) is 0.785. The largest absolute Gasteiger partial charge is 0.464 e. The number of rotatable bonds is 2. The fraction of sp³-hybridized carbons (Fsp3) is 0.167. The number of aliphatic hydroxyl groups excluding tert-OH is 1. The molecule has 2 rings (SSSR count). The van der Waals surface area contributed by atoms with Gasteiger partial charge in [-0.3, -0.25) is 0 Å². The van der Waals surface area contributed by atoms with Crippen LogP contribution in [0.4, 0.5) is 0 Å². The van der Waals surface area contributed by atoms with Gasteiger partial charge < -0.3 is 9.52 Å². The summed E-state index contributed by atoms with van der Waals surface area (Å²) in [5, 5.41) is 9.42. The van der Waals surface area contributed by atoms with E-state index in [2.05, 4.69) is 0 Å². The van der Waals surface area contributed by atoms with E-state index in [1.165, 1.54) is 0 Å². The molecule has 1 heterocycles. The third-order valence-corrected chi connectivity index (χ3v) is 2.17. The Labute approximate surface area is 82.8 Å². The summed E-state index contributed by atoms with van der Waals surface area (Å²) < 4.78 is 5.27. The average molecular weight is 188 g/mol. The third kappa shape index (κ3) is 1.70. The van der Waals surface area contributed by atoms with Crippen LogP contribution < -0.4 is 0 Å². The van der Waals surface area contributed by atoms with Gasteiger partial charge in [0.2, 0.25) is 0 Å². The van der Waals surface area contributed by atoms with Crippen molar-refractivity contribution in [1.82, 2.24) is 0 Å². The number of hydrogen-bond donors (Lipinski definition) is 1. The lowest BCUT2D eigenvalue weighted by atomic mass is 10.1. The maximum atomic E-state index is 9.42. The molecule has 14 heavy (non-hydrogen) atoms. The number of hydrogen-bond acceptors (Lipinski definition) is 2. The zero-order valence-electron chi connectivity index (χ0n) is 7.97. The second kappa shape index (κ2) is 3.68. The molecule has 0 saturated heterocycles. The van der Waals surface area contributed by atoms with Crippen LogP contribution >= 0.6 is 0 Å². The van der Waals surface area contributed by atoms with Crippen molar-refractivity contribution in [3.63, 3.8) is 0 Å². The van der Waals surface area contributed by atoms with Gasteiger partial charge in [0.1, 0.15) is 5.76 Å². The molecule has 0 saturated carbocycles. The lowest BCUT2D eigenvalue weighted by Crippen LogP contribution is -1.90. The summed E-state index contributed by atoms with van der Waals surface area (Å²) in [6.45, 7) is 1.75. The molecule has 2 aromatic rings. The lowest BCUT2D eigenvalue weighted by molar-refractivity contribution is 0.199. The summed E-state index contributed by atoms with van der Waals surface area (Å²) >= 11 is 0. The van der Waals surface area contributed by atoms with Crippen LogP contribution in [-0.2, 0) is 0 Å². The molecule has 1 unspecified atom stereocenters. The molecule has 2 heteroatoms. The highest BCUT2D eigenvalue weighted by atomic mass is 16.3. The molecule has 1 atom stereocenters. The van der Waals surface area contributed by atoms with Crippen molar-refractivity contribution < 1.29 is 9.52 Å². The maximum absolute atomic E-state index is 9.42. The number of benzene rings is 1. The fourth-order valence-corrected chi connectivity index (χ4v) is 1.39. The zero-order chi connectivity index (χ0) is 9.97. The van der Waals surface area contributed by atoms with Gasteiger partial charge in [0.15, 0.2) is 0 Å². The lowest BCUT2D eigenvalue weighted by Gasteiger charge is -2.05. The van der Waals surface area contributed by atoms with Crippen molar-refractivity contribution in [2.45, 2.75) is 13.0 Å². The van der Waals surface area contributed by atoms with Crippen molar-refractivity contribution in [2.24, 2.45) is 0 Å². The highest BCUT2D eigenvalue weighted by Crippen LogP contribution is 2.23. The van der Waals surface area contributed by atoms with E-state index in [1.54, 1.807) is 13.2 Å². The minimum atomic E-state index is -0.440. The Bertz CT molecular complexity index is 402. The van der Waals surface area contributed by atoms with Crippen LogP contribution in [0, 0.1) is 0 Å². The van der Waals surface area contributed by atoms with E-state index >= 15 is 0 Å². The molecule has 0 spiro atoms. The molecule has 0 aliphatic carbocycles. The first-order valence-corrected chi connectivity index (χ1v) is 4.59. The fourth-order valence-electron chi connectivity index (χ4n) is 1.39. The standard InChI is InChI=1S/C12H12O2/c1-9(13)10-4-2-5-11(8-10)12-6-3-7-14-12/h2-9,13H,1H3. The van der Waals surface area contributed by atoms with E-state index in [0.717, 1.165) is 16.9 Å². The highest BCUT2D eigenvalue weighted by molar-refractivity contribution is 5.58. The zero-order valence-corrected chi connectivity index (χ0v) is 7.97. The Morgan fingerprint density at radius 2 is 2.07 bits per heavy atom. The molecule has 1 N–H and O–H groups in total. The van der Waals surface area contributed by atoms with Crippen LogP contribution in [0.15, 0.2) is 47.1 Å². The van der Waals surface area contributed by atoms with Crippen molar-refractivity contribution in [2.75, 3.05) is 0 Å². The summed E-state index contributed by atoms with van der Waals surface area (Å²) in [7, 11) is 0. The molecular weight excluding hydrogens is 176 g/mol. The van der Waals surface area contributed by atoms with E-state index in [0.29, 0.717) is 0 Å². The number of aliphatic hydroxyl groups is 1. The maximum Gasteiger partial charge on any atom is 0.133 e. The van der Waals surface area contributed by atoms with Crippen molar-refractivity contribution in [3.05, 3.63) is 48.2 Å². The van der Waals surface area contributed by atoms with E-state index < -0.39 is 6.10 Å². The summed E-state index contributed by atoms with van der Waals surface area (Å²) in [5.74, 6) is 0.826. The van der Waals surface area contributed by atoms with Gasteiger partial charge >= 0.3 is 0 Å². The normalized spacial score (nSPS) is 12.7. The van der Waals surface area contributed by atoms with E-state index in [-0.39, 0.29) is 0 Å². The van der Waals surface area contributed by atoms with Gasteiger partial charge in [-0.2, -0.15) is 0 Å². The molecule has 0 amide bonds. The Kier molecular flexibility index (Phi) is 2.37. The van der Waals surface area contributed by atoms with Crippen LogP contribution in [0.1, 0.15) is 18.6 Å². The van der Waals surface area contributed by atoms with Gasteiger partial charge in [-0.1, -0.05) is 18.2 Å². The topological polar surface area (TPSA) is 33.4 Å². The summed E-state index contributed by atoms with van der Waals surface area (Å²) in [5.41, 5.74) is 1.90. The van der Waals surface area contributed by atoms with Crippen molar-refractivity contribution >= 4 is 0 Å². The van der Waals surface area contributed by atoms with Gasteiger partial charge in [-0.05, 0) is 30.7 Å². The summed E-state index contributed by atoms with van der Waals surface area (Å²) in [6.07, 6.45) is 1.20. The minimum absolute atomic E-state index is 0.440. The molecular formula is C12H12O2. The molecule has 72 valence electrons. The van der Waals surface area contributed by atoms with Crippen LogP contribution in [0.2, 0.25) is 0 Å². The smallest absolute Gasteiger partial charge is 0.133 e. The first-order chi connectivity index (χ1) is 6.77. The molecule has 0 aliphatic rings. The molecule has 0 radical (unpaired) electrons. The van der Waals surface area contributed by atoms with Crippen LogP contribution in [0.5, 0.6) is 0 Å². The molecule has 0 aliphatic heterocycles. The summed E-state index contributed by atoms with van der Waals surface area (Å²) in [6, 6.07) is 11.5. The Hall–Kier alpha value is -1.54. The van der Waals surface area contributed by atoms with Gasteiger partial charge in [0.05, 0.1) is 12.4 Å². The Morgan fingerprint density at radius 1 is 1.21 bits per heavy atom. The number of furan rings is 1. The molecule has 0 bridgehead atoms. The SMILES string of the molecule is CC(O)c1cccc(-c2ccco2)c1. The van der Waals surface area contributed by atoms with Crippen molar-refractivity contribution in [1.29, 1.82) is 0 Å². The molecule has 1 aromatic carbocycles. The molecule has 2 nitrogen and oxygen atoms in total. The predicted octanol–water partition coefficient (Wildman–Crippen LogP) is 3.00. The molecule has 1 aromatic heterocycles. The van der Waals surface area contributed by atoms with Gasteiger partial charge in [-0.25, -0.2) is 0 Å². The Morgan fingerprint density at radius 3 is 2.71 bits per heavy atom. The Balaban J connectivity index is 2.41. The van der Waals surface area contributed by atoms with Gasteiger partial charge in [0.25, 0.3) is 0 Å². The first kappa shape index (κ1) is 9.03. The third-order valence-electron chi connectivity index (χ3n) is 2.17. The second-order valence-electron chi connectivity index (χ2n) is 3.28. The van der Waals surface area contributed by atoms with Crippen LogP contribution in [-0.4, -0.2) is 5.11 Å².